The van der Waals surface area contributed by atoms with Crippen LogP contribution in [0.1, 0.15) is 42.3 Å². The van der Waals surface area contributed by atoms with Crippen molar-refractivity contribution in [3.05, 3.63) is 4.88 Å². The van der Waals surface area contributed by atoms with Crippen LogP contribution in [0.4, 0.5) is 10.9 Å². The lowest BCUT2D eigenvalue weighted by molar-refractivity contribution is 0.0939. The summed E-state index contributed by atoms with van der Waals surface area (Å²) in [7, 11) is 1.76. The second kappa shape index (κ2) is 5.14. The van der Waals surface area contributed by atoms with Crippen molar-refractivity contribution in [2.75, 3.05) is 24.6 Å². The Labute approximate surface area is 111 Å². The number of nitrogens with one attached hydrogen (secondary N) is 2. The molecule has 1 aromatic rings. The minimum absolute atomic E-state index is 0.111. The Bertz CT molecular complexity index is 437. The van der Waals surface area contributed by atoms with Gasteiger partial charge in [0.15, 0.2) is 5.13 Å². The van der Waals surface area contributed by atoms with Crippen LogP contribution in [0.2, 0.25) is 0 Å². The van der Waals surface area contributed by atoms with Crippen LogP contribution in [0, 0.1) is 5.41 Å². The molecule has 1 aliphatic rings. The number of rotatable bonds is 4. The molecule has 0 spiro atoms. The summed E-state index contributed by atoms with van der Waals surface area (Å²) in [5.74, 6) is 0.193. The Morgan fingerprint density at radius 2 is 2.17 bits per heavy atom. The van der Waals surface area contributed by atoms with Gasteiger partial charge in [0.1, 0.15) is 10.7 Å². The van der Waals surface area contributed by atoms with Crippen molar-refractivity contribution in [1.82, 2.24) is 10.3 Å². The molecular formula is C12H20N4OS. The molecule has 0 aliphatic heterocycles. The lowest BCUT2D eigenvalue weighted by atomic mass is 9.89. The fourth-order valence-corrected chi connectivity index (χ4v) is 3.14. The Balaban J connectivity index is 1.96. The van der Waals surface area contributed by atoms with E-state index in [0.717, 1.165) is 6.54 Å². The Morgan fingerprint density at radius 3 is 2.72 bits per heavy atom. The Kier molecular flexibility index (Phi) is 3.75. The van der Waals surface area contributed by atoms with Gasteiger partial charge >= 0.3 is 0 Å². The standard InChI is InChI=1S/C12H20N4OS/c1-12(5-3-4-6-12)7-15-10(17)8-9(13)16-11(14-2)18-8/h3-7,13H2,1-2H3,(H,14,16)(H,15,17). The first-order valence-corrected chi connectivity index (χ1v) is 7.08. The van der Waals surface area contributed by atoms with Gasteiger partial charge in [-0.3, -0.25) is 4.79 Å². The predicted octanol–water partition coefficient (Wildman–Crippen LogP) is 2.08. The number of anilines is 2. The molecule has 1 aromatic heterocycles. The maximum Gasteiger partial charge on any atom is 0.265 e. The van der Waals surface area contributed by atoms with Gasteiger partial charge in [0.2, 0.25) is 0 Å². The van der Waals surface area contributed by atoms with E-state index in [0.29, 0.717) is 15.8 Å². The van der Waals surface area contributed by atoms with Crippen molar-refractivity contribution in [2.45, 2.75) is 32.6 Å². The maximum atomic E-state index is 12.0. The third kappa shape index (κ3) is 2.75. The second-order valence-corrected chi connectivity index (χ2v) is 6.18. The minimum atomic E-state index is -0.111. The van der Waals surface area contributed by atoms with Crippen LogP contribution in [-0.2, 0) is 0 Å². The van der Waals surface area contributed by atoms with Gasteiger partial charge in [-0.1, -0.05) is 31.1 Å². The largest absolute Gasteiger partial charge is 0.382 e. The summed E-state index contributed by atoms with van der Waals surface area (Å²) in [6, 6.07) is 0. The minimum Gasteiger partial charge on any atom is -0.382 e. The molecule has 1 amide bonds. The van der Waals surface area contributed by atoms with Gasteiger partial charge in [0.25, 0.3) is 5.91 Å². The molecule has 1 fully saturated rings. The van der Waals surface area contributed by atoms with Gasteiger partial charge in [-0.05, 0) is 18.3 Å². The van der Waals surface area contributed by atoms with E-state index in [4.69, 9.17) is 5.73 Å². The van der Waals surface area contributed by atoms with E-state index >= 15 is 0 Å². The average Bonchev–Trinajstić information content (AvgIpc) is 2.93. The third-order valence-corrected chi connectivity index (χ3v) is 4.65. The highest BCUT2D eigenvalue weighted by Gasteiger charge is 2.29. The van der Waals surface area contributed by atoms with Crippen LogP contribution in [0.25, 0.3) is 0 Å². The van der Waals surface area contributed by atoms with E-state index in [1.165, 1.54) is 37.0 Å². The number of thiazole rings is 1. The van der Waals surface area contributed by atoms with Gasteiger partial charge in [-0.25, -0.2) is 4.98 Å². The number of amides is 1. The molecule has 0 radical (unpaired) electrons. The predicted molar refractivity (Wildman–Crippen MR) is 75.0 cm³/mol. The lowest BCUT2D eigenvalue weighted by Crippen LogP contribution is -2.34. The average molecular weight is 268 g/mol. The summed E-state index contributed by atoms with van der Waals surface area (Å²) in [5.41, 5.74) is 5.98. The van der Waals surface area contributed by atoms with E-state index in [-0.39, 0.29) is 11.3 Å². The molecule has 4 N–H and O–H groups in total. The molecule has 18 heavy (non-hydrogen) atoms. The zero-order valence-corrected chi connectivity index (χ0v) is 11.7. The lowest BCUT2D eigenvalue weighted by Gasteiger charge is -2.23. The number of hydrogen-bond donors (Lipinski definition) is 3. The summed E-state index contributed by atoms with van der Waals surface area (Å²) in [6.07, 6.45) is 4.90. The number of nitrogens with two attached hydrogens (primary N) is 1. The number of hydrogen-bond acceptors (Lipinski definition) is 5. The number of carbonyl (C=O) groups is 1. The van der Waals surface area contributed by atoms with Crippen molar-refractivity contribution in [3.63, 3.8) is 0 Å². The Morgan fingerprint density at radius 1 is 1.50 bits per heavy atom. The SMILES string of the molecule is CNc1nc(N)c(C(=O)NCC2(C)CCCC2)s1. The first-order chi connectivity index (χ1) is 8.54. The molecule has 1 aliphatic carbocycles. The molecule has 6 heteroatoms. The first-order valence-electron chi connectivity index (χ1n) is 6.26. The van der Waals surface area contributed by atoms with Gasteiger partial charge in [0, 0.05) is 13.6 Å². The molecule has 0 saturated heterocycles. The first kappa shape index (κ1) is 13.1. The molecule has 1 heterocycles. The van der Waals surface area contributed by atoms with E-state index in [2.05, 4.69) is 22.5 Å². The van der Waals surface area contributed by atoms with Gasteiger partial charge in [0.05, 0.1) is 0 Å². The van der Waals surface area contributed by atoms with E-state index in [9.17, 15) is 4.79 Å². The third-order valence-electron chi connectivity index (χ3n) is 3.56. The number of aromatic nitrogens is 1. The summed E-state index contributed by atoms with van der Waals surface area (Å²) < 4.78 is 0. The summed E-state index contributed by atoms with van der Waals surface area (Å²) in [5, 5.41) is 6.55. The summed E-state index contributed by atoms with van der Waals surface area (Å²) >= 11 is 1.29. The molecule has 2 rings (SSSR count). The number of carbonyl (C=O) groups excluding carboxylic acids is 1. The molecule has 1 saturated carbocycles. The fourth-order valence-electron chi connectivity index (χ4n) is 2.38. The van der Waals surface area contributed by atoms with Crippen LogP contribution in [-0.4, -0.2) is 24.5 Å². The highest BCUT2D eigenvalue weighted by molar-refractivity contribution is 7.18. The van der Waals surface area contributed by atoms with Crippen LogP contribution >= 0.6 is 11.3 Å². The molecule has 0 atom stereocenters. The van der Waals surface area contributed by atoms with Crippen molar-refractivity contribution in [2.24, 2.45) is 5.41 Å². The van der Waals surface area contributed by atoms with Crippen molar-refractivity contribution < 1.29 is 4.79 Å². The summed E-state index contributed by atoms with van der Waals surface area (Å²) in [6.45, 7) is 2.95. The van der Waals surface area contributed by atoms with Gasteiger partial charge in [-0.15, -0.1) is 0 Å². The maximum absolute atomic E-state index is 12.0. The smallest absolute Gasteiger partial charge is 0.265 e. The molecule has 100 valence electrons. The molecular weight excluding hydrogens is 248 g/mol. The number of nitrogen functional groups attached to an aromatic ring is 1. The van der Waals surface area contributed by atoms with Crippen LogP contribution in [0.3, 0.4) is 0 Å². The van der Waals surface area contributed by atoms with Gasteiger partial charge in [-0.2, -0.15) is 0 Å². The van der Waals surface area contributed by atoms with Crippen molar-refractivity contribution in [1.29, 1.82) is 0 Å². The monoisotopic (exact) mass is 268 g/mol. The van der Waals surface area contributed by atoms with Crippen LogP contribution in [0.5, 0.6) is 0 Å². The van der Waals surface area contributed by atoms with Crippen LogP contribution < -0.4 is 16.4 Å². The van der Waals surface area contributed by atoms with Crippen LogP contribution in [0.15, 0.2) is 0 Å². The zero-order chi connectivity index (χ0) is 13.2. The van der Waals surface area contributed by atoms with Crippen molar-refractivity contribution >= 4 is 28.2 Å². The van der Waals surface area contributed by atoms with E-state index < -0.39 is 0 Å². The highest BCUT2D eigenvalue weighted by atomic mass is 32.1. The summed E-state index contributed by atoms with van der Waals surface area (Å²) in [4.78, 5) is 16.6. The van der Waals surface area contributed by atoms with Gasteiger partial charge < -0.3 is 16.4 Å². The molecule has 0 unspecified atom stereocenters. The second-order valence-electron chi connectivity index (χ2n) is 5.18. The highest BCUT2D eigenvalue weighted by Crippen LogP contribution is 2.36. The zero-order valence-electron chi connectivity index (χ0n) is 10.9. The fraction of sp³-hybridized carbons (Fsp3) is 0.667. The molecule has 5 nitrogen and oxygen atoms in total. The number of nitrogens with zero attached hydrogens (tertiary/aromatic N) is 1. The molecule has 0 bridgehead atoms. The van der Waals surface area contributed by atoms with Crippen molar-refractivity contribution in [3.8, 4) is 0 Å². The van der Waals surface area contributed by atoms with E-state index in [1.54, 1.807) is 7.05 Å². The normalized spacial score (nSPS) is 17.7. The van der Waals surface area contributed by atoms with E-state index in [1.807, 2.05) is 0 Å². The topological polar surface area (TPSA) is 80.0 Å². The Hall–Kier alpha value is -1.30. The molecule has 0 aromatic carbocycles. The quantitative estimate of drug-likeness (QED) is 0.781.